The predicted octanol–water partition coefficient (Wildman–Crippen LogP) is 5.40. The van der Waals surface area contributed by atoms with Gasteiger partial charge in [-0.3, -0.25) is 0 Å². The number of esters is 1. The van der Waals surface area contributed by atoms with Crippen LogP contribution in [0.3, 0.4) is 0 Å². The molecule has 0 atom stereocenters. The molecule has 0 spiro atoms. The average Bonchev–Trinajstić information content (AvgIpc) is 2.76. The minimum absolute atomic E-state index is 0.313. The van der Waals surface area contributed by atoms with E-state index < -0.39 is 0 Å². The Labute approximate surface area is 172 Å². The number of hydrogen-bond donors (Lipinski definition) is 0. The normalized spacial score (nSPS) is 11.0. The highest BCUT2D eigenvalue weighted by molar-refractivity contribution is 5.89. The molecule has 2 rings (SSSR count). The Hall–Kier alpha value is -3.21. The fourth-order valence-electron chi connectivity index (χ4n) is 2.76. The van der Waals surface area contributed by atoms with Gasteiger partial charge in [-0.25, -0.2) is 4.79 Å². The summed E-state index contributed by atoms with van der Waals surface area (Å²) in [4.78, 5) is 12.1. The van der Waals surface area contributed by atoms with Crippen molar-refractivity contribution < 1.29 is 23.7 Å². The molecule has 2 aromatic rings. The largest absolute Gasteiger partial charge is 0.493 e. The Bertz CT molecular complexity index is 850. The zero-order valence-corrected chi connectivity index (χ0v) is 17.4. The van der Waals surface area contributed by atoms with Crippen LogP contribution < -0.4 is 14.2 Å². The fourth-order valence-corrected chi connectivity index (χ4v) is 2.76. The van der Waals surface area contributed by atoms with Crippen LogP contribution in [0.2, 0.25) is 0 Å². The highest BCUT2D eigenvalue weighted by Crippen LogP contribution is 2.40. The van der Waals surface area contributed by atoms with Crippen molar-refractivity contribution in [2.24, 2.45) is 0 Å². The third kappa shape index (κ3) is 6.14. The average molecular weight is 396 g/mol. The number of ether oxygens (including phenoxy) is 4. The van der Waals surface area contributed by atoms with Crippen LogP contribution >= 0.6 is 0 Å². The van der Waals surface area contributed by atoms with Gasteiger partial charge in [-0.15, -0.1) is 0 Å². The lowest BCUT2D eigenvalue weighted by Gasteiger charge is -2.14. The highest BCUT2D eigenvalue weighted by Gasteiger charge is 2.14. The van der Waals surface area contributed by atoms with Crippen LogP contribution in [0.4, 0.5) is 0 Å². The van der Waals surface area contributed by atoms with Crippen molar-refractivity contribution in [3.05, 3.63) is 65.2 Å². The Morgan fingerprint density at radius 3 is 2.21 bits per heavy atom. The van der Waals surface area contributed by atoms with Crippen LogP contribution in [0, 0.1) is 0 Å². The van der Waals surface area contributed by atoms with E-state index >= 15 is 0 Å². The monoisotopic (exact) mass is 396 g/mol. The van der Waals surface area contributed by atoms with Gasteiger partial charge in [-0.05, 0) is 42.7 Å². The highest BCUT2D eigenvalue weighted by atomic mass is 16.5. The molecule has 0 aromatic heterocycles. The van der Waals surface area contributed by atoms with Crippen molar-refractivity contribution in [1.82, 2.24) is 0 Å². The minimum atomic E-state index is -0.313. The van der Waals surface area contributed by atoms with Gasteiger partial charge in [0.05, 0.1) is 33.5 Å². The number of carbonyl (C=O) groups is 1. The van der Waals surface area contributed by atoms with E-state index in [2.05, 4.69) is 13.0 Å². The molecular weight excluding hydrogens is 368 g/mol. The summed E-state index contributed by atoms with van der Waals surface area (Å²) in [5.41, 5.74) is 2.34. The lowest BCUT2D eigenvalue weighted by molar-refractivity contribution is 0.0511. The summed E-state index contributed by atoms with van der Waals surface area (Å²) >= 11 is 0. The van der Waals surface area contributed by atoms with Gasteiger partial charge < -0.3 is 18.9 Å². The van der Waals surface area contributed by atoms with E-state index in [1.54, 1.807) is 33.5 Å². The van der Waals surface area contributed by atoms with Crippen LogP contribution in [0.1, 0.15) is 41.3 Å². The van der Waals surface area contributed by atoms with Crippen molar-refractivity contribution >= 4 is 18.1 Å². The number of benzene rings is 2. The molecule has 0 radical (unpaired) electrons. The number of allylic oxidation sites excluding steroid dienone is 1. The molecule has 0 aliphatic heterocycles. The van der Waals surface area contributed by atoms with Gasteiger partial charge in [0.15, 0.2) is 11.5 Å². The molecule has 0 N–H and O–H groups in total. The fraction of sp³-hybridized carbons (Fsp3) is 0.292. The molecule has 0 amide bonds. The lowest BCUT2D eigenvalue weighted by atomic mass is 10.1. The molecule has 29 heavy (non-hydrogen) atoms. The zero-order valence-electron chi connectivity index (χ0n) is 17.4. The maximum atomic E-state index is 12.1. The quantitative estimate of drug-likeness (QED) is 0.233. The van der Waals surface area contributed by atoms with E-state index in [-0.39, 0.29) is 5.97 Å². The first kappa shape index (κ1) is 22.1. The van der Waals surface area contributed by atoms with Crippen molar-refractivity contribution in [3.63, 3.8) is 0 Å². The van der Waals surface area contributed by atoms with Gasteiger partial charge in [0.1, 0.15) is 0 Å². The van der Waals surface area contributed by atoms with Gasteiger partial charge in [-0.1, -0.05) is 43.4 Å². The molecule has 0 bridgehead atoms. The molecular formula is C24H28O5. The molecule has 5 heteroatoms. The molecule has 0 aliphatic carbocycles. The third-order valence-electron chi connectivity index (χ3n) is 4.26. The third-order valence-corrected chi connectivity index (χ3v) is 4.26. The molecule has 0 heterocycles. The topological polar surface area (TPSA) is 54.0 Å². The smallest absolute Gasteiger partial charge is 0.338 e. The van der Waals surface area contributed by atoms with Crippen molar-refractivity contribution in [1.29, 1.82) is 0 Å². The van der Waals surface area contributed by atoms with Gasteiger partial charge in [-0.2, -0.15) is 0 Å². The zero-order chi connectivity index (χ0) is 21.1. The maximum absolute atomic E-state index is 12.1. The first-order chi connectivity index (χ1) is 14.1. The Balaban J connectivity index is 2.07. The van der Waals surface area contributed by atoms with Crippen molar-refractivity contribution in [2.45, 2.75) is 19.8 Å². The molecule has 0 unspecified atom stereocenters. The molecule has 0 aliphatic rings. The second kappa shape index (κ2) is 11.6. The Morgan fingerprint density at radius 1 is 0.862 bits per heavy atom. The summed E-state index contributed by atoms with van der Waals surface area (Å²) in [6.07, 6.45) is 9.65. The predicted molar refractivity (Wildman–Crippen MR) is 116 cm³/mol. The van der Waals surface area contributed by atoms with E-state index in [0.29, 0.717) is 29.4 Å². The molecule has 0 saturated heterocycles. The number of hydrogen-bond acceptors (Lipinski definition) is 5. The number of carbonyl (C=O) groups excluding carboxylic acids is 1. The SMILES string of the molecule is CCC=CCCOC(=O)c1ccc(C=Cc2ccc(OC)c(OC)c2OC)cc1. The van der Waals surface area contributed by atoms with Crippen LogP contribution in [0.25, 0.3) is 12.2 Å². The second-order valence-electron chi connectivity index (χ2n) is 6.18. The summed E-state index contributed by atoms with van der Waals surface area (Å²) in [6, 6.07) is 11.0. The first-order valence-corrected chi connectivity index (χ1v) is 9.53. The summed E-state index contributed by atoms with van der Waals surface area (Å²) in [5, 5.41) is 0. The summed E-state index contributed by atoms with van der Waals surface area (Å²) in [6.45, 7) is 2.45. The lowest BCUT2D eigenvalue weighted by Crippen LogP contribution is -2.05. The van der Waals surface area contributed by atoms with Gasteiger partial charge >= 0.3 is 5.97 Å². The van der Waals surface area contributed by atoms with Crippen molar-refractivity contribution in [3.8, 4) is 17.2 Å². The van der Waals surface area contributed by atoms with Crippen LogP contribution in [0.5, 0.6) is 17.2 Å². The molecule has 5 nitrogen and oxygen atoms in total. The molecule has 0 fully saturated rings. The minimum Gasteiger partial charge on any atom is -0.493 e. The van der Waals surface area contributed by atoms with E-state index in [0.717, 1.165) is 24.0 Å². The summed E-state index contributed by atoms with van der Waals surface area (Å²) in [7, 11) is 4.75. The van der Waals surface area contributed by atoms with E-state index in [1.165, 1.54) is 0 Å². The first-order valence-electron chi connectivity index (χ1n) is 9.53. The van der Waals surface area contributed by atoms with Crippen LogP contribution in [-0.4, -0.2) is 33.9 Å². The molecule has 2 aromatic carbocycles. The maximum Gasteiger partial charge on any atom is 0.338 e. The van der Waals surface area contributed by atoms with E-state index in [1.807, 2.05) is 42.5 Å². The number of rotatable bonds is 10. The van der Waals surface area contributed by atoms with E-state index in [4.69, 9.17) is 18.9 Å². The van der Waals surface area contributed by atoms with Crippen molar-refractivity contribution in [2.75, 3.05) is 27.9 Å². The van der Waals surface area contributed by atoms with Crippen LogP contribution in [0.15, 0.2) is 48.6 Å². The standard InChI is InChI=1S/C24H28O5/c1-5-6-7-8-17-29-24(25)20-13-10-18(11-14-20)9-12-19-15-16-21(26-2)23(28-4)22(19)27-3/h6-7,9-16H,5,8,17H2,1-4H3. The number of methoxy groups -OCH3 is 3. The van der Waals surface area contributed by atoms with Gasteiger partial charge in [0.25, 0.3) is 0 Å². The second-order valence-corrected chi connectivity index (χ2v) is 6.18. The van der Waals surface area contributed by atoms with Gasteiger partial charge in [0.2, 0.25) is 5.75 Å². The van der Waals surface area contributed by atoms with E-state index in [9.17, 15) is 4.79 Å². The molecule has 154 valence electrons. The summed E-state index contributed by atoms with van der Waals surface area (Å²) in [5.74, 6) is 1.44. The van der Waals surface area contributed by atoms with Crippen LogP contribution in [-0.2, 0) is 4.74 Å². The Morgan fingerprint density at radius 2 is 1.59 bits per heavy atom. The van der Waals surface area contributed by atoms with Gasteiger partial charge in [0, 0.05) is 5.56 Å². The Kier molecular flexibility index (Phi) is 8.83. The summed E-state index contributed by atoms with van der Waals surface area (Å²) < 4.78 is 21.5. The molecule has 0 saturated carbocycles.